The van der Waals surface area contributed by atoms with E-state index in [0.29, 0.717) is 5.65 Å². The molecule has 0 aliphatic carbocycles. The van der Waals surface area contributed by atoms with Crippen LogP contribution in [-0.4, -0.2) is 78.5 Å². The molecule has 1 amide bonds. The Balaban J connectivity index is 1.58. The number of phenolic OH excluding ortho intramolecular Hbond substituents is 2. The largest absolute Gasteiger partial charge is 0.507 e. The van der Waals surface area contributed by atoms with Gasteiger partial charge >= 0.3 is 5.79 Å². The van der Waals surface area contributed by atoms with Crippen molar-refractivity contribution in [3.05, 3.63) is 71.2 Å². The van der Waals surface area contributed by atoms with Crippen molar-refractivity contribution in [3.8, 4) is 17.2 Å². The van der Waals surface area contributed by atoms with Gasteiger partial charge in [-0.25, -0.2) is 4.98 Å². The highest BCUT2D eigenvalue weighted by atomic mass is 16.7. The third-order valence-electron chi connectivity index (χ3n) is 12.1. The van der Waals surface area contributed by atoms with E-state index in [1.165, 1.54) is 27.2 Å². The first-order valence-corrected chi connectivity index (χ1v) is 19.3. The third-order valence-corrected chi connectivity index (χ3v) is 12.1. The van der Waals surface area contributed by atoms with Gasteiger partial charge < -0.3 is 44.7 Å². The van der Waals surface area contributed by atoms with Gasteiger partial charge in [0.25, 0.3) is 11.7 Å². The molecular weight excluding hydrogens is 730 g/mol. The molecule has 304 valence electrons. The van der Waals surface area contributed by atoms with Gasteiger partial charge in [-0.3, -0.25) is 14.0 Å². The van der Waals surface area contributed by atoms with Gasteiger partial charge in [0, 0.05) is 55.0 Å². The number of allylic oxidation sites excluding steroid dienone is 2. The molecule has 0 spiro atoms. The first-order chi connectivity index (χ1) is 26.8. The van der Waals surface area contributed by atoms with Crippen LogP contribution < -0.4 is 10.1 Å². The van der Waals surface area contributed by atoms with Crippen LogP contribution in [0.3, 0.4) is 0 Å². The van der Waals surface area contributed by atoms with Crippen molar-refractivity contribution >= 4 is 50.6 Å². The van der Waals surface area contributed by atoms with Crippen LogP contribution in [0.4, 0.5) is 5.69 Å². The molecule has 5 N–H and O–H groups in total. The number of aryl methyl sites for hydroxylation is 1. The second-order valence-electron chi connectivity index (χ2n) is 16.1. The topological polar surface area (TPSA) is 189 Å². The lowest BCUT2D eigenvalue weighted by molar-refractivity contribution is -0.120. The predicted octanol–water partition coefficient (Wildman–Crippen LogP) is 6.82. The van der Waals surface area contributed by atoms with E-state index >= 15 is 0 Å². The zero-order chi connectivity index (χ0) is 41.8. The van der Waals surface area contributed by atoms with Crippen LogP contribution >= 0.6 is 0 Å². The van der Waals surface area contributed by atoms with E-state index in [1.807, 2.05) is 39.8 Å². The SMILES string of the molecule is COC1/C=C/OC2(C)Oc3c(C)c(O)c4c(O)c(c5c(nc6cc(C)ccn65)c4c3C2=O)NC(=O)/C(C)=C\C=C\C(C)C(O)C(C)C(O)C(C)C(CC(C)=O)C1C. The third kappa shape index (κ3) is 7.17. The Bertz CT molecular complexity index is 2380. The summed E-state index contributed by atoms with van der Waals surface area (Å²) in [6.07, 6.45) is 7.17. The van der Waals surface area contributed by atoms with Crippen LogP contribution in [0.15, 0.2) is 54.5 Å². The number of pyridine rings is 1. The molecule has 13 heteroatoms. The molecule has 4 bridgehead atoms. The Morgan fingerprint density at radius 2 is 1.70 bits per heavy atom. The zero-order valence-corrected chi connectivity index (χ0v) is 34.1. The molecule has 9 unspecified atom stereocenters. The van der Waals surface area contributed by atoms with Crippen molar-refractivity contribution in [1.29, 1.82) is 0 Å². The fourth-order valence-electron chi connectivity index (χ4n) is 8.44. The van der Waals surface area contributed by atoms with E-state index in [2.05, 4.69) is 5.32 Å². The molecule has 2 aromatic carbocycles. The molecule has 13 nitrogen and oxygen atoms in total. The van der Waals surface area contributed by atoms with E-state index < -0.39 is 59.3 Å². The number of imidazole rings is 1. The summed E-state index contributed by atoms with van der Waals surface area (Å²) in [6, 6.07) is 3.65. The first-order valence-electron chi connectivity index (χ1n) is 19.3. The van der Waals surface area contributed by atoms with Crippen molar-refractivity contribution < 1.29 is 49.0 Å². The zero-order valence-electron chi connectivity index (χ0n) is 34.1. The quantitative estimate of drug-likeness (QED) is 0.137. The van der Waals surface area contributed by atoms with Gasteiger partial charge in [0.1, 0.15) is 39.7 Å². The summed E-state index contributed by atoms with van der Waals surface area (Å²) in [5.41, 5.74) is 2.29. The van der Waals surface area contributed by atoms with Crippen molar-refractivity contribution in [1.82, 2.24) is 9.38 Å². The van der Waals surface area contributed by atoms with E-state index in [-0.39, 0.29) is 79.7 Å². The minimum atomic E-state index is -1.93. The first kappa shape index (κ1) is 41.4. The van der Waals surface area contributed by atoms with Gasteiger partial charge in [-0.05, 0) is 69.2 Å². The highest BCUT2D eigenvalue weighted by molar-refractivity contribution is 6.28. The molecule has 0 fully saturated rings. The summed E-state index contributed by atoms with van der Waals surface area (Å²) in [4.78, 5) is 45.8. The lowest BCUT2D eigenvalue weighted by Crippen LogP contribution is -2.43. The van der Waals surface area contributed by atoms with Crippen molar-refractivity contribution in [2.45, 2.75) is 92.8 Å². The lowest BCUT2D eigenvalue weighted by atomic mass is 9.71. The number of aromatic hydroxyl groups is 2. The number of hydrogen-bond acceptors (Lipinski definition) is 11. The maximum atomic E-state index is 14.6. The van der Waals surface area contributed by atoms with E-state index in [0.717, 1.165) is 5.56 Å². The summed E-state index contributed by atoms with van der Waals surface area (Å²) in [5.74, 6) is -6.15. The average molecular weight is 784 g/mol. The summed E-state index contributed by atoms with van der Waals surface area (Å²) >= 11 is 0. The molecule has 9 atom stereocenters. The number of amides is 1. The number of ketones is 2. The van der Waals surface area contributed by atoms with Crippen LogP contribution in [0.25, 0.3) is 27.5 Å². The van der Waals surface area contributed by atoms with Crippen LogP contribution in [0.2, 0.25) is 0 Å². The summed E-state index contributed by atoms with van der Waals surface area (Å²) in [6.45, 7) is 15.3. The molecule has 2 aliphatic heterocycles. The number of benzene rings is 2. The number of anilines is 1. The molecule has 6 rings (SSSR count). The lowest BCUT2D eigenvalue weighted by Gasteiger charge is -2.38. The molecule has 0 radical (unpaired) electrons. The molecular formula is C44H53N3O10. The molecule has 0 saturated carbocycles. The Hall–Kier alpha value is -5.24. The number of aliphatic hydroxyl groups is 2. The number of rotatable bonds is 3. The minimum Gasteiger partial charge on any atom is -0.507 e. The van der Waals surface area contributed by atoms with Crippen LogP contribution in [0.5, 0.6) is 17.2 Å². The van der Waals surface area contributed by atoms with Gasteiger partial charge in [0.15, 0.2) is 5.75 Å². The molecule has 57 heavy (non-hydrogen) atoms. The number of phenols is 2. The number of carbonyl (C=O) groups excluding carboxylic acids is 3. The summed E-state index contributed by atoms with van der Waals surface area (Å²) in [5, 5.41) is 49.6. The average Bonchev–Trinajstić information content (AvgIpc) is 3.67. The molecule has 4 aromatic rings. The van der Waals surface area contributed by atoms with Gasteiger partial charge in [-0.15, -0.1) is 0 Å². The predicted molar refractivity (Wildman–Crippen MR) is 216 cm³/mol. The highest BCUT2D eigenvalue weighted by Crippen LogP contribution is 2.54. The number of nitrogens with one attached hydrogen (secondary N) is 1. The number of fused-ring (bicyclic) bond motifs is 2. The summed E-state index contributed by atoms with van der Waals surface area (Å²) in [7, 11) is 1.51. The van der Waals surface area contributed by atoms with Crippen molar-refractivity contribution in [3.63, 3.8) is 0 Å². The number of Topliss-reactive ketones (excluding diaryl/α,β-unsaturated/α-hetero) is 2. The van der Waals surface area contributed by atoms with Crippen molar-refractivity contribution in [2.24, 2.45) is 29.6 Å². The van der Waals surface area contributed by atoms with Gasteiger partial charge in [-0.2, -0.15) is 0 Å². The Kier molecular flexibility index (Phi) is 11.3. The van der Waals surface area contributed by atoms with Gasteiger partial charge in [0.2, 0.25) is 0 Å². The number of methoxy groups -OCH3 is 1. The normalized spacial score (nSPS) is 30.9. The van der Waals surface area contributed by atoms with Gasteiger partial charge in [0.05, 0.1) is 35.5 Å². The molecule has 0 saturated heterocycles. The number of aliphatic hydroxyl groups excluding tert-OH is 2. The van der Waals surface area contributed by atoms with Crippen molar-refractivity contribution in [2.75, 3.05) is 12.4 Å². The fraction of sp³-hybridized carbons (Fsp3) is 0.455. The monoisotopic (exact) mass is 783 g/mol. The van der Waals surface area contributed by atoms with E-state index in [4.69, 9.17) is 19.2 Å². The summed E-state index contributed by atoms with van der Waals surface area (Å²) < 4.78 is 19.9. The van der Waals surface area contributed by atoms with Crippen LogP contribution in [0.1, 0.15) is 76.4 Å². The molecule has 4 heterocycles. The Labute approximate surface area is 331 Å². The second-order valence-corrected chi connectivity index (χ2v) is 16.1. The van der Waals surface area contributed by atoms with E-state index in [9.17, 15) is 34.8 Å². The van der Waals surface area contributed by atoms with Crippen LogP contribution in [0, 0.1) is 43.4 Å². The molecule has 2 aromatic heterocycles. The smallest absolute Gasteiger partial charge is 0.312 e. The Morgan fingerprint density at radius 1 is 1.00 bits per heavy atom. The van der Waals surface area contributed by atoms with E-state index in [1.54, 1.807) is 55.7 Å². The highest BCUT2D eigenvalue weighted by Gasteiger charge is 2.49. The number of nitrogens with zero attached hydrogens (tertiary/aromatic N) is 2. The second kappa shape index (κ2) is 15.6. The standard InChI is InChI=1S/C44H53N3O10/c1-20-14-16-47-30(18-20)45-34-31-32-39(51)27(8)41-33(31)42(53)44(9,57-41)56-17-15-29(55-10)24(5)28(19-23(4)48)25(6)38(50)26(7)37(49)21(2)12-11-13-22(3)43(54)46-35(36(34)47)40(32)52/h11-18,21,24-26,28-29,37-38,49-52H,19H2,1-10H3,(H,46,54)/b12-11+,17-15+,22-13-. The maximum absolute atomic E-state index is 14.6. The Morgan fingerprint density at radius 3 is 2.37 bits per heavy atom. The maximum Gasteiger partial charge on any atom is 0.312 e. The molecule has 2 aliphatic rings. The van der Waals surface area contributed by atoms with Gasteiger partial charge in [-0.1, -0.05) is 45.9 Å². The number of aromatic nitrogens is 2. The number of carbonyl (C=O) groups is 3. The minimum absolute atomic E-state index is 0.0310. The fourth-order valence-corrected chi connectivity index (χ4v) is 8.44. The van der Waals surface area contributed by atoms with Crippen LogP contribution in [-0.2, 0) is 19.1 Å². The number of ether oxygens (including phenoxy) is 3. The number of hydrogen-bond donors (Lipinski definition) is 5.